The number of sulfonamides is 1. The van der Waals surface area contributed by atoms with Gasteiger partial charge in [-0.05, 0) is 32.4 Å². The molecule has 29 heavy (non-hydrogen) atoms. The van der Waals surface area contributed by atoms with Crippen molar-refractivity contribution in [3.05, 3.63) is 35.7 Å². The summed E-state index contributed by atoms with van der Waals surface area (Å²) in [6, 6.07) is 6.85. The van der Waals surface area contributed by atoms with Crippen LogP contribution < -0.4 is 10.1 Å². The average Bonchev–Trinajstić information content (AvgIpc) is 2.86. The van der Waals surface area contributed by atoms with Gasteiger partial charge in [0.05, 0.1) is 18.5 Å². The number of nitrogens with one attached hydrogen (secondary N) is 1. The van der Waals surface area contributed by atoms with Gasteiger partial charge in [0.1, 0.15) is 10.6 Å². The van der Waals surface area contributed by atoms with E-state index in [-0.39, 0.29) is 17.5 Å². The summed E-state index contributed by atoms with van der Waals surface area (Å²) in [6.45, 7) is 4.84. The van der Waals surface area contributed by atoms with Crippen molar-refractivity contribution in [2.45, 2.75) is 25.2 Å². The molecule has 1 N–H and O–H groups in total. The molecule has 0 spiro atoms. The lowest BCUT2D eigenvalue weighted by atomic mass is 10.3. The zero-order chi connectivity index (χ0) is 21.2. The fourth-order valence-corrected chi connectivity index (χ4v) is 5.37. The molecule has 2 amide bonds. The van der Waals surface area contributed by atoms with Crippen molar-refractivity contribution >= 4 is 21.7 Å². The Kier molecular flexibility index (Phi) is 6.13. The molecule has 1 aromatic carbocycles. The molecular formula is C19H27N5O4S. The zero-order valence-corrected chi connectivity index (χ0v) is 18.0. The predicted octanol–water partition coefficient (Wildman–Crippen LogP) is 1.97. The van der Waals surface area contributed by atoms with Crippen LogP contribution in [0.15, 0.2) is 29.2 Å². The van der Waals surface area contributed by atoms with E-state index in [1.54, 1.807) is 61.9 Å². The maximum atomic E-state index is 13.2. The van der Waals surface area contributed by atoms with Gasteiger partial charge in [0, 0.05) is 45.0 Å². The van der Waals surface area contributed by atoms with Gasteiger partial charge in [0.15, 0.2) is 0 Å². The first-order chi connectivity index (χ1) is 13.7. The van der Waals surface area contributed by atoms with Gasteiger partial charge in [-0.1, -0.05) is 6.07 Å². The van der Waals surface area contributed by atoms with Gasteiger partial charge in [-0.3, -0.25) is 4.68 Å². The second kappa shape index (κ2) is 8.42. The van der Waals surface area contributed by atoms with Gasteiger partial charge in [0.25, 0.3) is 0 Å². The third-order valence-electron chi connectivity index (χ3n) is 5.10. The largest absolute Gasteiger partial charge is 0.497 e. The Morgan fingerprint density at radius 2 is 1.93 bits per heavy atom. The van der Waals surface area contributed by atoms with Crippen LogP contribution in [0.4, 0.5) is 10.5 Å². The van der Waals surface area contributed by atoms with Crippen LogP contribution in [0.3, 0.4) is 0 Å². The first-order valence-electron chi connectivity index (χ1n) is 9.44. The summed E-state index contributed by atoms with van der Waals surface area (Å²) in [7, 11) is -0.371. The van der Waals surface area contributed by atoms with Gasteiger partial charge in [0.2, 0.25) is 10.0 Å². The summed E-state index contributed by atoms with van der Waals surface area (Å²) in [4.78, 5) is 14.5. The van der Waals surface area contributed by atoms with Crippen LogP contribution in [0.1, 0.15) is 17.8 Å². The highest BCUT2D eigenvalue weighted by atomic mass is 32.2. The molecule has 0 saturated carbocycles. The fourth-order valence-electron chi connectivity index (χ4n) is 3.50. The quantitative estimate of drug-likeness (QED) is 0.814. The summed E-state index contributed by atoms with van der Waals surface area (Å²) in [5, 5.41) is 7.07. The minimum absolute atomic E-state index is 0.238. The van der Waals surface area contributed by atoms with Gasteiger partial charge < -0.3 is 15.0 Å². The molecule has 1 saturated heterocycles. The Hall–Kier alpha value is -2.59. The van der Waals surface area contributed by atoms with Crippen molar-refractivity contribution in [2.24, 2.45) is 7.05 Å². The molecule has 1 fully saturated rings. The van der Waals surface area contributed by atoms with Crippen LogP contribution >= 0.6 is 0 Å². The minimum Gasteiger partial charge on any atom is -0.497 e. The number of ether oxygens (including phenoxy) is 1. The maximum absolute atomic E-state index is 13.2. The lowest BCUT2D eigenvalue weighted by molar-refractivity contribution is 0.214. The third-order valence-corrected chi connectivity index (χ3v) is 7.26. The van der Waals surface area contributed by atoms with Gasteiger partial charge in [-0.15, -0.1) is 0 Å². The highest BCUT2D eigenvalue weighted by Crippen LogP contribution is 2.24. The molecule has 2 heterocycles. The number of urea groups is 1. The van der Waals surface area contributed by atoms with E-state index in [0.29, 0.717) is 48.9 Å². The highest BCUT2D eigenvalue weighted by molar-refractivity contribution is 7.89. The van der Waals surface area contributed by atoms with Crippen LogP contribution in [0.25, 0.3) is 0 Å². The first-order valence-corrected chi connectivity index (χ1v) is 10.9. The number of nitrogens with zero attached hydrogens (tertiary/aromatic N) is 4. The smallest absolute Gasteiger partial charge is 0.321 e. The van der Waals surface area contributed by atoms with Crippen molar-refractivity contribution in [3.8, 4) is 5.75 Å². The number of aryl methyl sites for hydroxylation is 2. The molecule has 2 aromatic rings. The molecule has 1 aromatic heterocycles. The van der Waals surface area contributed by atoms with Crippen LogP contribution in [0, 0.1) is 13.8 Å². The average molecular weight is 422 g/mol. The second-order valence-corrected chi connectivity index (χ2v) is 8.91. The van der Waals surface area contributed by atoms with E-state index in [1.807, 2.05) is 0 Å². The number of aromatic nitrogens is 2. The van der Waals surface area contributed by atoms with Crippen molar-refractivity contribution in [1.82, 2.24) is 19.0 Å². The van der Waals surface area contributed by atoms with Crippen molar-refractivity contribution in [1.29, 1.82) is 0 Å². The molecule has 0 bridgehead atoms. The van der Waals surface area contributed by atoms with Crippen LogP contribution in [0.5, 0.6) is 5.75 Å². The lowest BCUT2D eigenvalue weighted by Crippen LogP contribution is -2.39. The van der Waals surface area contributed by atoms with E-state index in [2.05, 4.69) is 10.4 Å². The minimum atomic E-state index is -3.67. The molecule has 1 aliphatic heterocycles. The van der Waals surface area contributed by atoms with E-state index in [9.17, 15) is 13.2 Å². The summed E-state index contributed by atoms with van der Waals surface area (Å²) in [5.41, 5.74) is 1.73. The number of carbonyl (C=O) groups is 1. The van der Waals surface area contributed by atoms with Crippen molar-refractivity contribution in [3.63, 3.8) is 0 Å². The Bertz CT molecular complexity index is 1000. The van der Waals surface area contributed by atoms with E-state index in [1.165, 1.54) is 4.31 Å². The monoisotopic (exact) mass is 421 g/mol. The second-order valence-electron chi connectivity index (χ2n) is 7.03. The van der Waals surface area contributed by atoms with E-state index in [4.69, 9.17) is 4.74 Å². The summed E-state index contributed by atoms with van der Waals surface area (Å²) >= 11 is 0. The number of carbonyl (C=O) groups excluding carboxylic acids is 1. The Balaban J connectivity index is 1.70. The molecule has 0 aliphatic carbocycles. The molecule has 3 rings (SSSR count). The van der Waals surface area contributed by atoms with Gasteiger partial charge >= 0.3 is 6.03 Å². The van der Waals surface area contributed by atoms with E-state index < -0.39 is 10.0 Å². The molecule has 0 unspecified atom stereocenters. The third kappa shape index (κ3) is 4.38. The molecule has 0 atom stereocenters. The van der Waals surface area contributed by atoms with Gasteiger partial charge in [-0.25, -0.2) is 13.2 Å². The summed E-state index contributed by atoms with van der Waals surface area (Å²) in [6.07, 6.45) is 0.559. The Morgan fingerprint density at radius 3 is 2.59 bits per heavy atom. The highest BCUT2D eigenvalue weighted by Gasteiger charge is 2.32. The van der Waals surface area contributed by atoms with E-state index in [0.717, 1.165) is 0 Å². The van der Waals surface area contributed by atoms with Crippen LogP contribution in [0.2, 0.25) is 0 Å². The summed E-state index contributed by atoms with van der Waals surface area (Å²) in [5.74, 6) is 0.651. The SMILES string of the molecule is COc1cccc(NC(=O)N2CCCN(S(=O)(=O)c3c(C)nn(C)c3C)CC2)c1. The zero-order valence-electron chi connectivity index (χ0n) is 17.2. The molecule has 10 heteroatoms. The topological polar surface area (TPSA) is 96.8 Å². The maximum Gasteiger partial charge on any atom is 0.321 e. The number of hydrogen-bond donors (Lipinski definition) is 1. The molecule has 0 radical (unpaired) electrons. The number of methoxy groups -OCH3 is 1. The lowest BCUT2D eigenvalue weighted by Gasteiger charge is -2.22. The number of amides is 2. The molecule has 1 aliphatic rings. The number of rotatable bonds is 4. The number of benzene rings is 1. The van der Waals surface area contributed by atoms with Gasteiger partial charge in [-0.2, -0.15) is 9.40 Å². The standard InChI is InChI=1S/C19H27N5O4S/c1-14-18(15(2)22(3)21-14)29(26,27)24-10-6-9-23(11-12-24)19(25)20-16-7-5-8-17(13-16)28-4/h5,7-8,13H,6,9-12H2,1-4H3,(H,20,25). The predicted molar refractivity (Wildman–Crippen MR) is 110 cm³/mol. The first kappa shape index (κ1) is 21.1. The molecule has 158 valence electrons. The Morgan fingerprint density at radius 1 is 1.17 bits per heavy atom. The Labute approximate surface area is 171 Å². The van der Waals surface area contributed by atoms with Crippen LogP contribution in [-0.4, -0.2) is 66.7 Å². The molecule has 9 nitrogen and oxygen atoms in total. The summed E-state index contributed by atoms with van der Waals surface area (Å²) < 4.78 is 34.5. The van der Waals surface area contributed by atoms with Crippen LogP contribution in [-0.2, 0) is 17.1 Å². The van der Waals surface area contributed by atoms with E-state index >= 15 is 0 Å². The number of anilines is 1. The van der Waals surface area contributed by atoms with Crippen molar-refractivity contribution in [2.75, 3.05) is 38.6 Å². The number of hydrogen-bond acceptors (Lipinski definition) is 5. The molecular weight excluding hydrogens is 394 g/mol. The van der Waals surface area contributed by atoms with Crippen molar-refractivity contribution < 1.29 is 17.9 Å². The fraction of sp³-hybridized carbons (Fsp3) is 0.474. The normalized spacial score (nSPS) is 15.8.